The predicted molar refractivity (Wildman–Crippen MR) is 132 cm³/mol. The Balaban J connectivity index is 1.53. The fourth-order valence-corrected chi connectivity index (χ4v) is 5.01. The molecule has 1 aliphatic carbocycles. The lowest BCUT2D eigenvalue weighted by Crippen LogP contribution is -2.37. The van der Waals surface area contributed by atoms with E-state index in [2.05, 4.69) is 35.7 Å². The molecule has 15 nitrogen and oxygen atoms in total. The Labute approximate surface area is 222 Å². The highest BCUT2D eigenvalue weighted by Crippen LogP contribution is 2.42. The first-order valence-corrected chi connectivity index (χ1v) is 12.8. The molecule has 0 aromatic carbocycles. The molecule has 1 saturated carbocycles. The molecule has 1 saturated heterocycles. The number of halogens is 1. The second kappa shape index (κ2) is 10.7. The average Bonchev–Trinajstić information content (AvgIpc) is 3.58. The Morgan fingerprint density at radius 2 is 1.87 bits per heavy atom. The molecule has 3 aromatic heterocycles. The highest BCUT2D eigenvalue weighted by molar-refractivity contribution is 6.28. The van der Waals surface area contributed by atoms with Crippen molar-refractivity contribution in [3.63, 3.8) is 0 Å². The van der Waals surface area contributed by atoms with Crippen LogP contribution in [0.1, 0.15) is 64.6 Å². The fraction of sp³-hybridized carbons (Fsp3) is 0.636. The molecule has 38 heavy (non-hydrogen) atoms. The van der Waals surface area contributed by atoms with Crippen molar-refractivity contribution in [3.8, 4) is 0 Å². The van der Waals surface area contributed by atoms with Crippen LogP contribution in [0.5, 0.6) is 0 Å². The van der Waals surface area contributed by atoms with Crippen LogP contribution in [0, 0.1) is 0 Å². The van der Waals surface area contributed by atoms with Crippen LogP contribution in [-0.2, 0) is 30.3 Å². The van der Waals surface area contributed by atoms with E-state index in [4.69, 9.17) is 31.5 Å². The van der Waals surface area contributed by atoms with Gasteiger partial charge in [0.25, 0.3) is 0 Å². The van der Waals surface area contributed by atoms with Gasteiger partial charge in [0.05, 0.1) is 12.9 Å². The fourth-order valence-electron chi connectivity index (χ4n) is 4.85. The van der Waals surface area contributed by atoms with Crippen LogP contribution in [0.15, 0.2) is 6.33 Å². The van der Waals surface area contributed by atoms with Crippen molar-refractivity contribution in [2.75, 3.05) is 5.32 Å². The number of aryl methyl sites for hydroxylation is 1. The second-order valence-electron chi connectivity index (χ2n) is 9.35. The zero-order chi connectivity index (χ0) is 27.0. The monoisotopic (exact) mass is 548 g/mol. The number of esters is 2. The van der Waals surface area contributed by atoms with Crippen LogP contribution in [0.2, 0.25) is 5.28 Å². The molecule has 5 rings (SSSR count). The van der Waals surface area contributed by atoms with E-state index in [1.807, 2.05) is 6.92 Å². The molecule has 0 radical (unpaired) electrons. The number of nitrogens with two attached hydrogens (primary N) is 1. The highest BCUT2D eigenvalue weighted by Gasteiger charge is 2.53. The molecular weight excluding hydrogens is 520 g/mol. The third-order valence-corrected chi connectivity index (χ3v) is 6.75. The maximum atomic E-state index is 12.1. The maximum absolute atomic E-state index is 12.1. The van der Waals surface area contributed by atoms with E-state index in [-0.39, 0.29) is 23.2 Å². The highest BCUT2D eigenvalue weighted by atomic mass is 35.5. The Kier molecular flexibility index (Phi) is 7.40. The standard InChI is InChI=1S/C22H29ClN10O5/c1-4-33-30-19(29-31-33)16-15(36-10(2)34)17(37-11(3)35)21(38-16)32-9-25-14-18(27-22(23)28-20(14)32)26-13-7-5-12(24)6-8-13/h9,12-13,15-17,21H,4-8,24H2,1-3H3,(H,26,27,28)/t12?,13?,15?,16-,17+,21+/m0/s1. The van der Waals surface area contributed by atoms with Gasteiger partial charge in [-0.3, -0.25) is 14.2 Å². The van der Waals surface area contributed by atoms with E-state index in [1.165, 1.54) is 25.0 Å². The van der Waals surface area contributed by atoms with Gasteiger partial charge in [-0.15, -0.1) is 10.2 Å². The molecule has 3 aromatic rings. The van der Waals surface area contributed by atoms with Gasteiger partial charge in [-0.25, -0.2) is 4.98 Å². The number of tetrazole rings is 1. The van der Waals surface area contributed by atoms with E-state index < -0.39 is 36.5 Å². The van der Waals surface area contributed by atoms with E-state index in [0.29, 0.717) is 23.5 Å². The van der Waals surface area contributed by atoms with E-state index in [0.717, 1.165) is 25.7 Å². The summed E-state index contributed by atoms with van der Waals surface area (Å²) in [5, 5.41) is 15.7. The first-order valence-electron chi connectivity index (χ1n) is 12.4. The summed E-state index contributed by atoms with van der Waals surface area (Å²) in [7, 11) is 0. The van der Waals surface area contributed by atoms with E-state index in [1.54, 1.807) is 4.57 Å². The topological polar surface area (TPSA) is 187 Å². The smallest absolute Gasteiger partial charge is 0.303 e. The van der Waals surface area contributed by atoms with Crippen LogP contribution in [0.3, 0.4) is 0 Å². The first kappa shape index (κ1) is 26.2. The summed E-state index contributed by atoms with van der Waals surface area (Å²) in [5.41, 5.74) is 6.84. The summed E-state index contributed by atoms with van der Waals surface area (Å²) in [6.45, 7) is 4.83. The van der Waals surface area contributed by atoms with Gasteiger partial charge in [0.15, 0.2) is 41.5 Å². The number of anilines is 1. The Bertz CT molecular complexity index is 1320. The lowest BCUT2D eigenvalue weighted by Gasteiger charge is -2.27. The van der Waals surface area contributed by atoms with Gasteiger partial charge in [0.1, 0.15) is 0 Å². The normalized spacial score (nSPS) is 27.4. The van der Waals surface area contributed by atoms with E-state index in [9.17, 15) is 9.59 Å². The number of hydrogen-bond acceptors (Lipinski definition) is 13. The summed E-state index contributed by atoms with van der Waals surface area (Å²) in [6, 6.07) is 0.362. The van der Waals surface area contributed by atoms with E-state index >= 15 is 0 Å². The van der Waals surface area contributed by atoms with Gasteiger partial charge in [-0.05, 0) is 49.4 Å². The number of hydrogen-bond donors (Lipinski definition) is 2. The summed E-state index contributed by atoms with van der Waals surface area (Å²) in [6.07, 6.45) is 0.971. The van der Waals surface area contributed by atoms with Crippen molar-refractivity contribution in [2.45, 2.75) is 89.6 Å². The molecule has 2 fully saturated rings. The molecule has 16 heteroatoms. The van der Waals surface area contributed by atoms with Gasteiger partial charge < -0.3 is 25.3 Å². The van der Waals surface area contributed by atoms with Crippen molar-refractivity contribution in [1.82, 2.24) is 39.7 Å². The van der Waals surface area contributed by atoms with Crippen molar-refractivity contribution >= 4 is 40.5 Å². The average molecular weight is 549 g/mol. The van der Waals surface area contributed by atoms with Gasteiger partial charge in [-0.2, -0.15) is 14.8 Å². The minimum atomic E-state index is -1.07. The number of fused-ring (bicyclic) bond motifs is 1. The number of aromatic nitrogens is 8. The molecule has 3 N–H and O–H groups in total. The van der Waals surface area contributed by atoms with Gasteiger partial charge in [-0.1, -0.05) is 0 Å². The van der Waals surface area contributed by atoms with Crippen LogP contribution < -0.4 is 11.1 Å². The SMILES string of the molecule is CCn1nnc([C@H]2O[C@@H](n3cnc4c(NC5CCC(N)CC5)nc(Cl)nc43)[C@H](OC(C)=O)C2OC(C)=O)n1. The number of carbonyl (C=O) groups excluding carboxylic acids is 2. The largest absolute Gasteiger partial charge is 0.455 e. The van der Waals surface area contributed by atoms with Crippen LogP contribution in [-0.4, -0.2) is 76.0 Å². The minimum Gasteiger partial charge on any atom is -0.455 e. The Hall–Kier alpha value is -3.43. The van der Waals surface area contributed by atoms with Crippen molar-refractivity contribution in [2.24, 2.45) is 5.73 Å². The van der Waals surface area contributed by atoms with Crippen molar-refractivity contribution in [3.05, 3.63) is 17.4 Å². The summed E-state index contributed by atoms with van der Waals surface area (Å²) in [4.78, 5) is 38.7. The molecule has 0 spiro atoms. The second-order valence-corrected chi connectivity index (χ2v) is 9.69. The van der Waals surface area contributed by atoms with Gasteiger partial charge in [0.2, 0.25) is 11.1 Å². The van der Waals surface area contributed by atoms with Crippen LogP contribution >= 0.6 is 11.6 Å². The van der Waals surface area contributed by atoms with Crippen molar-refractivity contribution in [1.29, 1.82) is 0 Å². The molecule has 4 atom stereocenters. The molecule has 2 aliphatic rings. The van der Waals surface area contributed by atoms with Crippen LogP contribution in [0.25, 0.3) is 11.2 Å². The number of imidazole rings is 1. The number of ether oxygens (including phenoxy) is 3. The lowest BCUT2D eigenvalue weighted by molar-refractivity contribution is -0.165. The Morgan fingerprint density at radius 3 is 2.53 bits per heavy atom. The third-order valence-electron chi connectivity index (χ3n) is 6.58. The quantitative estimate of drug-likeness (QED) is 0.318. The number of nitrogens with one attached hydrogen (secondary N) is 1. The third kappa shape index (κ3) is 5.26. The van der Waals surface area contributed by atoms with Gasteiger partial charge in [0, 0.05) is 25.9 Å². The molecule has 4 heterocycles. The molecule has 1 aliphatic heterocycles. The molecule has 0 amide bonds. The molecular formula is C22H29ClN10O5. The summed E-state index contributed by atoms with van der Waals surface area (Å²) >= 11 is 6.31. The minimum absolute atomic E-state index is 0.00284. The zero-order valence-electron chi connectivity index (χ0n) is 21.2. The Morgan fingerprint density at radius 1 is 1.16 bits per heavy atom. The molecule has 1 unspecified atom stereocenters. The summed E-state index contributed by atoms with van der Waals surface area (Å²) in [5.74, 6) is -0.542. The van der Waals surface area contributed by atoms with Crippen molar-refractivity contribution < 1.29 is 23.8 Å². The van der Waals surface area contributed by atoms with Gasteiger partial charge >= 0.3 is 11.9 Å². The number of nitrogens with zero attached hydrogens (tertiary/aromatic N) is 8. The lowest BCUT2D eigenvalue weighted by atomic mass is 9.92. The molecule has 0 bridgehead atoms. The number of carbonyl (C=O) groups is 2. The molecule has 204 valence electrons. The summed E-state index contributed by atoms with van der Waals surface area (Å²) < 4.78 is 19.0. The van der Waals surface area contributed by atoms with Crippen LogP contribution in [0.4, 0.5) is 5.82 Å². The first-order chi connectivity index (χ1) is 18.2. The predicted octanol–water partition coefficient (Wildman–Crippen LogP) is 1.30. The number of rotatable bonds is 7. The maximum Gasteiger partial charge on any atom is 0.303 e. The zero-order valence-corrected chi connectivity index (χ0v) is 21.9.